The number of hydrogen-bond acceptors (Lipinski definition) is 4. The Balaban J connectivity index is 2.00. The van der Waals surface area contributed by atoms with Crippen molar-refractivity contribution in [2.24, 2.45) is 5.73 Å². The highest BCUT2D eigenvalue weighted by atomic mass is 79.9. The average Bonchev–Trinajstić information content (AvgIpc) is 2.65. The molecular weight excluding hydrogens is 320 g/mol. The van der Waals surface area contributed by atoms with E-state index in [1.165, 1.54) is 4.68 Å². The van der Waals surface area contributed by atoms with Crippen molar-refractivity contribution in [3.63, 3.8) is 0 Å². The van der Waals surface area contributed by atoms with Gasteiger partial charge in [-0.1, -0.05) is 0 Å². The Labute approximate surface area is 127 Å². The average molecular weight is 341 g/mol. The van der Waals surface area contributed by atoms with E-state index in [9.17, 15) is 4.79 Å². The first-order valence-corrected chi connectivity index (χ1v) is 8.09. The highest BCUT2D eigenvalue weighted by molar-refractivity contribution is 9.10. The molecule has 2 fully saturated rings. The van der Waals surface area contributed by atoms with Crippen LogP contribution in [0.15, 0.2) is 15.5 Å². The lowest BCUT2D eigenvalue weighted by Crippen LogP contribution is -2.48. The number of halogens is 1. The summed E-state index contributed by atoms with van der Waals surface area (Å²) in [5, 5.41) is 4.33. The molecule has 2 atom stereocenters. The molecule has 0 saturated carbocycles. The van der Waals surface area contributed by atoms with Gasteiger partial charge in [0.1, 0.15) is 4.47 Å². The number of hydrogen-bond donors (Lipinski definition) is 1. The van der Waals surface area contributed by atoms with Gasteiger partial charge in [-0.2, -0.15) is 5.10 Å². The largest absolute Gasteiger partial charge is 0.363 e. The molecule has 2 saturated heterocycles. The minimum atomic E-state index is -0.0493. The summed E-state index contributed by atoms with van der Waals surface area (Å²) in [5.41, 5.74) is 6.99. The normalized spacial score (nSPS) is 29.2. The SMILES string of the molecule is CC(C)n1ncc(N2C3CCC2CC(N)C3)c(Br)c1=O. The lowest BCUT2D eigenvalue weighted by atomic mass is 9.98. The fourth-order valence-corrected chi connectivity index (χ4v) is 4.09. The molecule has 20 heavy (non-hydrogen) atoms. The van der Waals surface area contributed by atoms with E-state index < -0.39 is 0 Å². The Kier molecular flexibility index (Phi) is 3.62. The van der Waals surface area contributed by atoms with Crippen LogP contribution in [0.3, 0.4) is 0 Å². The molecule has 2 aliphatic rings. The molecule has 2 aliphatic heterocycles. The van der Waals surface area contributed by atoms with Gasteiger partial charge in [0.25, 0.3) is 5.56 Å². The second-order valence-electron chi connectivity index (χ2n) is 6.21. The van der Waals surface area contributed by atoms with Crippen LogP contribution in [0.5, 0.6) is 0 Å². The van der Waals surface area contributed by atoms with Crippen LogP contribution in [-0.2, 0) is 0 Å². The molecule has 0 spiro atoms. The molecule has 3 heterocycles. The maximum Gasteiger partial charge on any atom is 0.283 e. The molecule has 2 N–H and O–H groups in total. The van der Waals surface area contributed by atoms with Crippen LogP contribution in [0.2, 0.25) is 0 Å². The van der Waals surface area contributed by atoms with Gasteiger partial charge in [0, 0.05) is 18.1 Å². The highest BCUT2D eigenvalue weighted by Crippen LogP contribution is 2.40. The van der Waals surface area contributed by atoms with Crippen molar-refractivity contribution in [1.82, 2.24) is 9.78 Å². The Morgan fingerprint density at radius 1 is 1.35 bits per heavy atom. The van der Waals surface area contributed by atoms with Crippen LogP contribution in [0.1, 0.15) is 45.6 Å². The van der Waals surface area contributed by atoms with Gasteiger partial charge >= 0.3 is 0 Å². The second-order valence-corrected chi connectivity index (χ2v) is 7.00. The van der Waals surface area contributed by atoms with Gasteiger partial charge in [0.2, 0.25) is 0 Å². The second kappa shape index (κ2) is 5.15. The number of anilines is 1. The third kappa shape index (κ3) is 2.19. The fourth-order valence-electron chi connectivity index (χ4n) is 3.60. The first-order valence-electron chi connectivity index (χ1n) is 7.30. The van der Waals surface area contributed by atoms with Crippen LogP contribution in [0.25, 0.3) is 0 Å². The molecule has 5 nitrogen and oxygen atoms in total. The predicted molar refractivity (Wildman–Crippen MR) is 83.1 cm³/mol. The van der Waals surface area contributed by atoms with Gasteiger partial charge in [0.15, 0.2) is 0 Å². The molecule has 2 unspecified atom stereocenters. The standard InChI is InChI=1S/C14H21BrN4O/c1-8(2)19-14(20)13(15)12(7-17-19)18-10-3-4-11(18)6-9(16)5-10/h7-11H,3-6,16H2,1-2H3. The van der Waals surface area contributed by atoms with Crippen molar-refractivity contribution in [3.05, 3.63) is 21.0 Å². The van der Waals surface area contributed by atoms with E-state index >= 15 is 0 Å². The highest BCUT2D eigenvalue weighted by Gasteiger charge is 2.40. The van der Waals surface area contributed by atoms with Crippen molar-refractivity contribution >= 4 is 21.6 Å². The van der Waals surface area contributed by atoms with Gasteiger partial charge in [-0.25, -0.2) is 4.68 Å². The monoisotopic (exact) mass is 340 g/mol. The van der Waals surface area contributed by atoms with E-state index in [0.29, 0.717) is 22.6 Å². The molecule has 2 bridgehead atoms. The van der Waals surface area contributed by atoms with E-state index in [1.807, 2.05) is 20.0 Å². The zero-order chi connectivity index (χ0) is 14.4. The van der Waals surface area contributed by atoms with E-state index in [2.05, 4.69) is 25.9 Å². The smallest absolute Gasteiger partial charge is 0.283 e. The van der Waals surface area contributed by atoms with E-state index in [1.54, 1.807) is 0 Å². The summed E-state index contributed by atoms with van der Waals surface area (Å²) in [6, 6.07) is 1.28. The lowest BCUT2D eigenvalue weighted by Gasteiger charge is -2.39. The minimum Gasteiger partial charge on any atom is -0.363 e. The van der Waals surface area contributed by atoms with Crippen molar-refractivity contribution in [3.8, 4) is 0 Å². The Hall–Kier alpha value is -0.880. The Morgan fingerprint density at radius 2 is 1.95 bits per heavy atom. The third-order valence-electron chi connectivity index (χ3n) is 4.46. The van der Waals surface area contributed by atoms with E-state index in [4.69, 9.17) is 5.73 Å². The van der Waals surface area contributed by atoms with Crippen LogP contribution in [0, 0.1) is 0 Å². The number of nitrogens with zero attached hydrogens (tertiary/aromatic N) is 3. The lowest BCUT2D eigenvalue weighted by molar-refractivity contribution is 0.412. The summed E-state index contributed by atoms with van der Waals surface area (Å²) < 4.78 is 2.15. The van der Waals surface area contributed by atoms with Gasteiger partial charge in [-0.15, -0.1) is 0 Å². The molecule has 6 heteroatoms. The molecule has 0 radical (unpaired) electrons. The van der Waals surface area contributed by atoms with Crippen molar-refractivity contribution in [1.29, 1.82) is 0 Å². The summed E-state index contributed by atoms with van der Waals surface area (Å²) in [6.07, 6.45) is 6.18. The molecule has 0 aromatic carbocycles. The van der Waals surface area contributed by atoms with E-state index in [0.717, 1.165) is 31.4 Å². The molecular formula is C14H21BrN4O. The van der Waals surface area contributed by atoms with Gasteiger partial charge in [-0.05, 0) is 55.5 Å². The molecule has 3 rings (SSSR count). The zero-order valence-electron chi connectivity index (χ0n) is 11.9. The summed E-state index contributed by atoms with van der Waals surface area (Å²) >= 11 is 3.49. The van der Waals surface area contributed by atoms with Crippen molar-refractivity contribution in [2.45, 2.75) is 63.7 Å². The summed E-state index contributed by atoms with van der Waals surface area (Å²) in [4.78, 5) is 14.7. The maximum absolute atomic E-state index is 12.4. The van der Waals surface area contributed by atoms with Gasteiger partial charge < -0.3 is 10.6 Å². The number of aromatic nitrogens is 2. The van der Waals surface area contributed by atoms with Crippen molar-refractivity contribution in [2.75, 3.05) is 4.90 Å². The predicted octanol–water partition coefficient (Wildman–Crippen LogP) is 2.05. The van der Waals surface area contributed by atoms with Crippen molar-refractivity contribution < 1.29 is 0 Å². The summed E-state index contributed by atoms with van der Waals surface area (Å²) in [5.74, 6) is 0. The number of piperidine rings is 1. The fraction of sp³-hybridized carbons (Fsp3) is 0.714. The Bertz CT molecular complexity index is 557. The zero-order valence-corrected chi connectivity index (χ0v) is 13.5. The first kappa shape index (κ1) is 14.1. The van der Waals surface area contributed by atoms with Crippen LogP contribution < -0.4 is 16.2 Å². The van der Waals surface area contributed by atoms with Crippen LogP contribution in [-0.4, -0.2) is 27.9 Å². The topological polar surface area (TPSA) is 64.2 Å². The third-order valence-corrected chi connectivity index (χ3v) is 5.21. The Morgan fingerprint density at radius 3 is 2.50 bits per heavy atom. The molecule has 0 aliphatic carbocycles. The minimum absolute atomic E-state index is 0.0493. The molecule has 1 aromatic rings. The summed E-state index contributed by atoms with van der Waals surface area (Å²) in [7, 11) is 0. The number of nitrogens with two attached hydrogens (primary N) is 1. The summed E-state index contributed by atoms with van der Waals surface area (Å²) in [6.45, 7) is 3.92. The molecule has 1 aromatic heterocycles. The van der Waals surface area contributed by atoms with Gasteiger partial charge in [-0.3, -0.25) is 4.79 Å². The van der Waals surface area contributed by atoms with Crippen LogP contribution >= 0.6 is 15.9 Å². The number of fused-ring (bicyclic) bond motifs is 2. The van der Waals surface area contributed by atoms with E-state index in [-0.39, 0.29) is 11.6 Å². The first-order chi connectivity index (χ1) is 9.49. The van der Waals surface area contributed by atoms with Crippen LogP contribution in [0.4, 0.5) is 5.69 Å². The number of rotatable bonds is 2. The maximum atomic E-state index is 12.4. The van der Waals surface area contributed by atoms with Gasteiger partial charge in [0.05, 0.1) is 17.9 Å². The molecule has 0 amide bonds. The quantitative estimate of drug-likeness (QED) is 0.894. The molecule has 110 valence electrons.